The minimum atomic E-state index is -0.744. The molecule has 0 spiro atoms. The molecule has 5 heteroatoms. The van der Waals surface area contributed by atoms with E-state index in [0.29, 0.717) is 19.8 Å². The Labute approximate surface area is 103 Å². The summed E-state index contributed by atoms with van der Waals surface area (Å²) in [5, 5.41) is 8.80. The van der Waals surface area contributed by atoms with Crippen LogP contribution in [-0.2, 0) is 14.3 Å². The zero-order chi connectivity index (χ0) is 12.5. The van der Waals surface area contributed by atoms with Gasteiger partial charge in [-0.1, -0.05) is 0 Å². The third-order valence-electron chi connectivity index (χ3n) is 2.77. The molecule has 0 bridgehead atoms. The molecule has 5 nitrogen and oxygen atoms in total. The fourth-order valence-corrected chi connectivity index (χ4v) is 1.73. The van der Waals surface area contributed by atoms with Gasteiger partial charge >= 0.3 is 5.97 Å². The number of nitrogens with zero attached hydrogens (tertiary/aromatic N) is 1. The predicted octanol–water partition coefficient (Wildman–Crippen LogP) is 0.836. The Hall–Kier alpha value is -0.650. The molecule has 1 aliphatic carbocycles. The van der Waals surface area contributed by atoms with Crippen molar-refractivity contribution in [3.05, 3.63) is 0 Å². The highest BCUT2D eigenvalue weighted by molar-refractivity contribution is 5.69. The highest BCUT2D eigenvalue weighted by atomic mass is 16.5. The maximum Gasteiger partial charge on any atom is 0.317 e. The third kappa shape index (κ3) is 8.12. The normalized spacial score (nSPS) is 15.4. The van der Waals surface area contributed by atoms with Crippen molar-refractivity contribution in [1.29, 1.82) is 0 Å². The standard InChI is InChI=1S/C12H23NO4/c1-16-7-8-17-6-2-5-13(10-12(14)15)9-11-3-4-11/h11H,2-10H2,1H3,(H,14,15). The van der Waals surface area contributed by atoms with Crippen LogP contribution in [0.5, 0.6) is 0 Å². The second-order valence-corrected chi connectivity index (χ2v) is 4.53. The Kier molecular flexibility index (Phi) is 7.16. The predicted molar refractivity (Wildman–Crippen MR) is 64.1 cm³/mol. The summed E-state index contributed by atoms with van der Waals surface area (Å²) in [6.45, 7) is 3.76. The van der Waals surface area contributed by atoms with E-state index in [0.717, 1.165) is 25.4 Å². The molecule has 1 aliphatic rings. The molecule has 17 heavy (non-hydrogen) atoms. The lowest BCUT2D eigenvalue weighted by atomic mass is 10.3. The molecular weight excluding hydrogens is 222 g/mol. The molecule has 0 saturated heterocycles. The quantitative estimate of drug-likeness (QED) is 0.547. The average molecular weight is 245 g/mol. The number of methoxy groups -OCH3 is 1. The van der Waals surface area contributed by atoms with E-state index >= 15 is 0 Å². The number of carboxylic acids is 1. The van der Waals surface area contributed by atoms with Crippen LogP contribution in [-0.4, -0.2) is 62.5 Å². The van der Waals surface area contributed by atoms with Crippen LogP contribution in [0.4, 0.5) is 0 Å². The smallest absolute Gasteiger partial charge is 0.317 e. The summed E-state index contributed by atoms with van der Waals surface area (Å²) in [5.41, 5.74) is 0. The number of carboxylic acid groups (broad SMARTS) is 1. The summed E-state index contributed by atoms with van der Waals surface area (Å²) in [4.78, 5) is 12.7. The third-order valence-corrected chi connectivity index (χ3v) is 2.77. The molecule has 0 unspecified atom stereocenters. The first-order valence-corrected chi connectivity index (χ1v) is 6.23. The summed E-state index contributed by atoms with van der Waals surface area (Å²) in [6.07, 6.45) is 3.38. The van der Waals surface area contributed by atoms with Crippen LogP contribution in [0.25, 0.3) is 0 Å². The molecule has 100 valence electrons. The highest BCUT2D eigenvalue weighted by Crippen LogP contribution is 2.29. The van der Waals surface area contributed by atoms with Crippen LogP contribution in [0.1, 0.15) is 19.3 Å². The number of aliphatic carboxylic acids is 1. The van der Waals surface area contributed by atoms with Crippen LogP contribution in [0.15, 0.2) is 0 Å². The van der Waals surface area contributed by atoms with Gasteiger partial charge in [0.2, 0.25) is 0 Å². The van der Waals surface area contributed by atoms with Gasteiger partial charge in [0, 0.05) is 26.8 Å². The zero-order valence-electron chi connectivity index (χ0n) is 10.6. The Morgan fingerprint density at radius 3 is 2.71 bits per heavy atom. The van der Waals surface area contributed by atoms with Crippen molar-refractivity contribution in [1.82, 2.24) is 4.90 Å². The van der Waals surface area contributed by atoms with Crippen LogP contribution in [0.2, 0.25) is 0 Å². The molecule has 1 N–H and O–H groups in total. The number of ether oxygens (including phenoxy) is 2. The van der Waals surface area contributed by atoms with Crippen LogP contribution in [0, 0.1) is 5.92 Å². The second kappa shape index (κ2) is 8.44. The lowest BCUT2D eigenvalue weighted by Gasteiger charge is -2.19. The lowest BCUT2D eigenvalue weighted by molar-refractivity contribution is -0.138. The van der Waals surface area contributed by atoms with Crippen molar-refractivity contribution < 1.29 is 19.4 Å². The second-order valence-electron chi connectivity index (χ2n) is 4.53. The summed E-state index contributed by atoms with van der Waals surface area (Å²) < 4.78 is 10.2. The van der Waals surface area contributed by atoms with Gasteiger partial charge in [-0.15, -0.1) is 0 Å². The molecule has 0 aliphatic heterocycles. The molecule has 0 aromatic heterocycles. The van der Waals surface area contributed by atoms with Gasteiger partial charge < -0.3 is 14.6 Å². The monoisotopic (exact) mass is 245 g/mol. The van der Waals surface area contributed by atoms with Gasteiger partial charge in [0.25, 0.3) is 0 Å². The maximum absolute atomic E-state index is 10.7. The molecule has 1 rings (SSSR count). The Morgan fingerprint density at radius 2 is 2.12 bits per heavy atom. The fourth-order valence-electron chi connectivity index (χ4n) is 1.73. The van der Waals surface area contributed by atoms with E-state index in [1.807, 2.05) is 4.90 Å². The molecule has 0 atom stereocenters. The largest absolute Gasteiger partial charge is 0.480 e. The molecule has 0 aromatic rings. The molecule has 1 saturated carbocycles. The van der Waals surface area contributed by atoms with Crippen LogP contribution < -0.4 is 0 Å². The number of hydrogen-bond donors (Lipinski definition) is 1. The molecule has 0 amide bonds. The van der Waals surface area contributed by atoms with E-state index in [4.69, 9.17) is 14.6 Å². The Balaban J connectivity index is 2.03. The van der Waals surface area contributed by atoms with E-state index in [-0.39, 0.29) is 6.54 Å². The number of hydrogen-bond acceptors (Lipinski definition) is 4. The zero-order valence-corrected chi connectivity index (χ0v) is 10.6. The van der Waals surface area contributed by atoms with E-state index in [1.165, 1.54) is 12.8 Å². The Bertz CT molecular complexity index is 219. The summed E-state index contributed by atoms with van der Waals surface area (Å²) in [6, 6.07) is 0. The molecular formula is C12H23NO4. The van der Waals surface area contributed by atoms with Gasteiger partial charge in [-0.3, -0.25) is 9.69 Å². The van der Waals surface area contributed by atoms with Gasteiger partial charge in [-0.25, -0.2) is 0 Å². The van der Waals surface area contributed by atoms with Crippen molar-refractivity contribution in [3.63, 3.8) is 0 Å². The summed E-state index contributed by atoms with van der Waals surface area (Å²) in [7, 11) is 1.65. The van der Waals surface area contributed by atoms with E-state index in [9.17, 15) is 4.79 Å². The minimum Gasteiger partial charge on any atom is -0.480 e. The van der Waals surface area contributed by atoms with E-state index in [1.54, 1.807) is 7.11 Å². The lowest BCUT2D eigenvalue weighted by Crippen LogP contribution is -2.33. The van der Waals surface area contributed by atoms with Gasteiger partial charge in [0.05, 0.1) is 19.8 Å². The summed E-state index contributed by atoms with van der Waals surface area (Å²) >= 11 is 0. The first-order valence-electron chi connectivity index (χ1n) is 6.23. The van der Waals surface area contributed by atoms with Crippen molar-refractivity contribution in [2.24, 2.45) is 5.92 Å². The summed E-state index contributed by atoms with van der Waals surface area (Å²) in [5.74, 6) is -0.0188. The first-order chi connectivity index (χ1) is 8.22. The van der Waals surface area contributed by atoms with Crippen molar-refractivity contribution in [2.45, 2.75) is 19.3 Å². The van der Waals surface area contributed by atoms with E-state index < -0.39 is 5.97 Å². The molecule has 0 radical (unpaired) electrons. The molecule has 1 fully saturated rings. The number of rotatable bonds is 11. The minimum absolute atomic E-state index is 0.147. The van der Waals surface area contributed by atoms with Gasteiger partial charge in [0.15, 0.2) is 0 Å². The van der Waals surface area contributed by atoms with Crippen molar-refractivity contribution in [2.75, 3.05) is 46.6 Å². The van der Waals surface area contributed by atoms with Crippen LogP contribution in [0.3, 0.4) is 0 Å². The number of carbonyl (C=O) groups is 1. The van der Waals surface area contributed by atoms with Gasteiger partial charge in [-0.2, -0.15) is 0 Å². The SMILES string of the molecule is COCCOCCCN(CC(=O)O)CC1CC1. The average Bonchev–Trinajstić information content (AvgIpc) is 3.06. The molecule has 0 aromatic carbocycles. The Morgan fingerprint density at radius 1 is 1.35 bits per heavy atom. The van der Waals surface area contributed by atoms with Crippen molar-refractivity contribution >= 4 is 5.97 Å². The van der Waals surface area contributed by atoms with Crippen LogP contribution >= 0.6 is 0 Å². The fraction of sp³-hybridized carbons (Fsp3) is 0.917. The topological polar surface area (TPSA) is 59.0 Å². The van der Waals surface area contributed by atoms with Gasteiger partial charge in [0.1, 0.15) is 0 Å². The molecule has 0 heterocycles. The highest BCUT2D eigenvalue weighted by Gasteiger charge is 2.24. The first kappa shape index (κ1) is 14.4. The van der Waals surface area contributed by atoms with Gasteiger partial charge in [-0.05, 0) is 25.2 Å². The maximum atomic E-state index is 10.7. The van der Waals surface area contributed by atoms with Crippen molar-refractivity contribution in [3.8, 4) is 0 Å². The van der Waals surface area contributed by atoms with E-state index in [2.05, 4.69) is 0 Å².